The van der Waals surface area contributed by atoms with E-state index < -0.39 is 0 Å². The molecule has 27 heavy (non-hydrogen) atoms. The average molecular weight is 429 g/mol. The van der Waals surface area contributed by atoms with E-state index in [1.54, 1.807) is 0 Å². The Kier molecular flexibility index (Phi) is 3.95. The van der Waals surface area contributed by atoms with Crippen molar-refractivity contribution in [1.82, 2.24) is 4.90 Å². The van der Waals surface area contributed by atoms with Crippen LogP contribution in [0.5, 0.6) is 0 Å². The van der Waals surface area contributed by atoms with Gasteiger partial charge in [-0.05, 0) is 61.3 Å². The van der Waals surface area contributed by atoms with Crippen LogP contribution in [0.1, 0.15) is 24.4 Å². The van der Waals surface area contributed by atoms with Gasteiger partial charge in [-0.1, -0.05) is 28.1 Å². The van der Waals surface area contributed by atoms with Crippen molar-refractivity contribution < 1.29 is 14.0 Å². The highest BCUT2D eigenvalue weighted by atomic mass is 79.9. The summed E-state index contributed by atoms with van der Waals surface area (Å²) in [7, 11) is 0. The van der Waals surface area contributed by atoms with E-state index in [-0.39, 0.29) is 41.6 Å². The Morgan fingerprint density at radius 2 is 1.59 bits per heavy atom. The summed E-state index contributed by atoms with van der Waals surface area (Å²) >= 11 is 3.46. The highest BCUT2D eigenvalue weighted by molar-refractivity contribution is 9.10. The molecule has 3 fully saturated rings. The van der Waals surface area contributed by atoms with Crippen LogP contribution in [0.3, 0.4) is 0 Å². The molecule has 0 spiro atoms. The monoisotopic (exact) mass is 428 g/mol. The molecule has 4 atom stereocenters. The number of carbonyl (C=O) groups excluding carboxylic acids is 2. The summed E-state index contributed by atoms with van der Waals surface area (Å²) in [6.07, 6.45) is 1.98. The Hall–Kier alpha value is -2.05. The van der Waals surface area contributed by atoms with Gasteiger partial charge in [0.1, 0.15) is 5.82 Å². The quantitative estimate of drug-likeness (QED) is 0.680. The predicted octanol–water partition coefficient (Wildman–Crippen LogP) is 3.91. The van der Waals surface area contributed by atoms with E-state index in [1.807, 2.05) is 24.3 Å². The molecule has 0 aliphatic carbocycles. The van der Waals surface area contributed by atoms with Crippen molar-refractivity contribution in [2.24, 2.45) is 11.8 Å². The van der Waals surface area contributed by atoms with Gasteiger partial charge in [0.05, 0.1) is 17.5 Å². The molecule has 3 aliphatic heterocycles. The van der Waals surface area contributed by atoms with Crippen molar-refractivity contribution in [2.45, 2.75) is 24.9 Å². The third-order valence-electron chi connectivity index (χ3n) is 6.15. The first-order valence-electron chi connectivity index (χ1n) is 9.21. The lowest BCUT2D eigenvalue weighted by molar-refractivity contribution is -0.123. The highest BCUT2D eigenvalue weighted by Gasteiger charge is 2.63. The predicted molar refractivity (Wildman–Crippen MR) is 102 cm³/mol. The van der Waals surface area contributed by atoms with Gasteiger partial charge in [0.15, 0.2) is 0 Å². The summed E-state index contributed by atoms with van der Waals surface area (Å²) in [5.74, 6) is -1.40. The fourth-order valence-electron chi connectivity index (χ4n) is 5.10. The molecule has 3 saturated heterocycles. The number of fused-ring (bicyclic) bond motifs is 3. The second kappa shape index (κ2) is 6.24. The van der Waals surface area contributed by atoms with E-state index in [9.17, 15) is 14.0 Å². The lowest BCUT2D eigenvalue weighted by Gasteiger charge is -2.28. The van der Waals surface area contributed by atoms with E-state index >= 15 is 0 Å². The maximum absolute atomic E-state index is 13.3. The molecular weight excluding hydrogens is 411 g/mol. The molecule has 0 saturated carbocycles. The molecule has 138 valence electrons. The molecule has 0 bridgehead atoms. The smallest absolute Gasteiger partial charge is 0.239 e. The van der Waals surface area contributed by atoms with Gasteiger partial charge in [0.25, 0.3) is 0 Å². The van der Waals surface area contributed by atoms with Crippen LogP contribution >= 0.6 is 15.9 Å². The van der Waals surface area contributed by atoms with Gasteiger partial charge in [-0.2, -0.15) is 0 Å². The van der Waals surface area contributed by atoms with Gasteiger partial charge in [-0.25, -0.2) is 9.29 Å². The lowest BCUT2D eigenvalue weighted by atomic mass is 9.85. The topological polar surface area (TPSA) is 40.6 Å². The van der Waals surface area contributed by atoms with Crippen LogP contribution in [0.2, 0.25) is 0 Å². The molecule has 2 aromatic rings. The van der Waals surface area contributed by atoms with Crippen LogP contribution in [0.15, 0.2) is 53.0 Å². The van der Waals surface area contributed by atoms with Gasteiger partial charge in [0, 0.05) is 16.6 Å². The molecule has 0 aromatic heterocycles. The average Bonchev–Trinajstić information content (AvgIpc) is 3.30. The number of carbonyl (C=O) groups is 2. The third kappa shape index (κ3) is 2.50. The zero-order chi connectivity index (χ0) is 18.7. The molecule has 4 nitrogen and oxygen atoms in total. The van der Waals surface area contributed by atoms with Gasteiger partial charge in [-0.3, -0.25) is 14.5 Å². The fourth-order valence-corrected chi connectivity index (χ4v) is 5.37. The number of rotatable bonds is 2. The first-order chi connectivity index (χ1) is 13.1. The van der Waals surface area contributed by atoms with E-state index in [4.69, 9.17) is 0 Å². The zero-order valence-corrected chi connectivity index (χ0v) is 16.1. The van der Waals surface area contributed by atoms with Gasteiger partial charge >= 0.3 is 0 Å². The molecule has 3 aliphatic rings. The minimum absolute atomic E-state index is 0.0856. The summed E-state index contributed by atoms with van der Waals surface area (Å²) in [6.45, 7) is 0.912. The van der Waals surface area contributed by atoms with Crippen molar-refractivity contribution in [3.63, 3.8) is 0 Å². The van der Waals surface area contributed by atoms with Crippen LogP contribution in [0.25, 0.3) is 0 Å². The van der Waals surface area contributed by atoms with Crippen LogP contribution in [0.4, 0.5) is 10.1 Å². The molecule has 2 aromatic carbocycles. The Morgan fingerprint density at radius 3 is 2.30 bits per heavy atom. The standard InChI is InChI=1S/C21H18BrFN2O2/c22-13-5-3-12(4-6-13)19-18-17(16-2-1-11-24(16)19)20(26)25(21(18)27)15-9-7-14(23)8-10-15/h3-10,16-19H,1-2,11H2/t16?,17-,18-,19+/m0/s1. The number of amides is 2. The summed E-state index contributed by atoms with van der Waals surface area (Å²) in [5.41, 5.74) is 1.53. The maximum Gasteiger partial charge on any atom is 0.239 e. The summed E-state index contributed by atoms with van der Waals surface area (Å²) in [6, 6.07) is 13.6. The van der Waals surface area contributed by atoms with E-state index in [0.29, 0.717) is 5.69 Å². The number of nitrogens with zero attached hydrogens (tertiary/aromatic N) is 2. The van der Waals surface area contributed by atoms with Crippen LogP contribution in [-0.2, 0) is 9.59 Å². The molecule has 5 rings (SSSR count). The van der Waals surface area contributed by atoms with Gasteiger partial charge in [-0.15, -0.1) is 0 Å². The molecule has 3 heterocycles. The Balaban J connectivity index is 1.57. The third-order valence-corrected chi connectivity index (χ3v) is 6.68. The van der Waals surface area contributed by atoms with Crippen LogP contribution in [0, 0.1) is 17.7 Å². The Bertz CT molecular complexity index is 915. The fraction of sp³-hybridized carbons (Fsp3) is 0.333. The number of hydrogen-bond donors (Lipinski definition) is 0. The molecule has 0 radical (unpaired) electrons. The second-order valence-electron chi connectivity index (χ2n) is 7.48. The van der Waals surface area contributed by atoms with Crippen molar-refractivity contribution in [3.05, 3.63) is 64.4 Å². The molecule has 0 N–H and O–H groups in total. The molecular formula is C21H18BrFN2O2. The van der Waals surface area contributed by atoms with Gasteiger partial charge < -0.3 is 0 Å². The molecule has 1 unspecified atom stereocenters. The summed E-state index contributed by atoms with van der Waals surface area (Å²) in [4.78, 5) is 30.2. The van der Waals surface area contributed by atoms with E-state index in [0.717, 1.165) is 29.4 Å². The largest absolute Gasteiger partial charge is 0.292 e. The minimum atomic E-state index is -0.382. The van der Waals surface area contributed by atoms with Crippen LogP contribution in [-0.4, -0.2) is 29.3 Å². The normalized spacial score (nSPS) is 30.1. The molecule has 6 heteroatoms. The van der Waals surface area contributed by atoms with Gasteiger partial charge in [0.2, 0.25) is 11.8 Å². The Morgan fingerprint density at radius 1 is 0.926 bits per heavy atom. The first kappa shape index (κ1) is 17.1. The van der Waals surface area contributed by atoms with Crippen molar-refractivity contribution in [2.75, 3.05) is 11.4 Å². The number of halogens is 2. The number of hydrogen-bond acceptors (Lipinski definition) is 3. The highest BCUT2D eigenvalue weighted by Crippen LogP contribution is 2.53. The second-order valence-corrected chi connectivity index (χ2v) is 8.40. The maximum atomic E-state index is 13.3. The summed E-state index contributed by atoms with van der Waals surface area (Å²) in [5, 5.41) is 0. The minimum Gasteiger partial charge on any atom is -0.292 e. The SMILES string of the molecule is O=C1[C@@H]2[C@@H](c3ccc(Br)cc3)N3CCCC3[C@@H]2C(=O)N1c1ccc(F)cc1. The first-order valence-corrected chi connectivity index (χ1v) is 10.00. The lowest BCUT2D eigenvalue weighted by Crippen LogP contribution is -2.39. The number of benzene rings is 2. The van der Waals surface area contributed by atoms with Crippen molar-refractivity contribution >= 4 is 33.4 Å². The Labute approximate surface area is 165 Å². The van der Waals surface area contributed by atoms with E-state index in [2.05, 4.69) is 20.8 Å². The number of imide groups is 1. The summed E-state index contributed by atoms with van der Waals surface area (Å²) < 4.78 is 14.3. The van der Waals surface area contributed by atoms with Crippen molar-refractivity contribution in [3.8, 4) is 0 Å². The van der Waals surface area contributed by atoms with Crippen LogP contribution < -0.4 is 4.90 Å². The van der Waals surface area contributed by atoms with E-state index in [1.165, 1.54) is 29.2 Å². The zero-order valence-electron chi connectivity index (χ0n) is 14.5. The number of anilines is 1. The van der Waals surface area contributed by atoms with Crippen molar-refractivity contribution in [1.29, 1.82) is 0 Å². The molecule has 2 amide bonds.